The molecular weight excluding hydrogens is 312 g/mol. The zero-order valence-electron chi connectivity index (χ0n) is 14.9. The molecule has 0 nitrogen and oxygen atoms in total. The van der Waals surface area contributed by atoms with Crippen molar-refractivity contribution in [2.75, 3.05) is 0 Å². The van der Waals surface area contributed by atoms with Gasteiger partial charge < -0.3 is 0 Å². The largest absolute Gasteiger partial charge is 0.103 e. The molecule has 0 saturated heterocycles. The lowest BCUT2D eigenvalue weighted by Gasteiger charge is -2.12. The molecule has 0 atom stereocenters. The van der Waals surface area contributed by atoms with Crippen LogP contribution in [0.4, 0.5) is 0 Å². The van der Waals surface area contributed by atoms with Gasteiger partial charge in [0.2, 0.25) is 0 Å². The van der Waals surface area contributed by atoms with Crippen molar-refractivity contribution in [1.29, 1.82) is 0 Å². The van der Waals surface area contributed by atoms with Crippen LogP contribution < -0.4 is 0 Å². The topological polar surface area (TPSA) is 0 Å². The molecule has 4 aromatic rings. The van der Waals surface area contributed by atoms with E-state index in [4.69, 9.17) is 0 Å². The monoisotopic (exact) mass is 334 g/mol. The molecule has 26 heavy (non-hydrogen) atoms. The number of hydrogen-bond donors (Lipinski definition) is 0. The molecule has 0 radical (unpaired) electrons. The highest BCUT2D eigenvalue weighted by Gasteiger charge is 2.08. The third kappa shape index (κ3) is 2.95. The fraction of sp³-hybridized carbons (Fsp3) is 0.0769. The SMILES string of the molecule is C=CCc1ccc2c(-c3cccc4cc(CC=C)ccc34)cccc2c1. The van der Waals surface area contributed by atoms with Crippen molar-refractivity contribution < 1.29 is 0 Å². The van der Waals surface area contributed by atoms with Crippen LogP contribution in [-0.2, 0) is 12.8 Å². The van der Waals surface area contributed by atoms with Crippen LogP contribution in [0, 0.1) is 0 Å². The van der Waals surface area contributed by atoms with Crippen LogP contribution in [0.1, 0.15) is 11.1 Å². The van der Waals surface area contributed by atoms with Gasteiger partial charge in [-0.05, 0) is 56.6 Å². The summed E-state index contributed by atoms with van der Waals surface area (Å²) < 4.78 is 0. The molecule has 0 spiro atoms. The highest BCUT2D eigenvalue weighted by atomic mass is 14.1. The first-order chi connectivity index (χ1) is 12.8. The van der Waals surface area contributed by atoms with E-state index in [9.17, 15) is 0 Å². The lowest BCUT2D eigenvalue weighted by molar-refractivity contribution is 1.29. The first kappa shape index (κ1) is 16.4. The van der Waals surface area contributed by atoms with Gasteiger partial charge in [0.05, 0.1) is 0 Å². The Morgan fingerprint density at radius 1 is 0.577 bits per heavy atom. The van der Waals surface area contributed by atoms with Crippen LogP contribution in [0.2, 0.25) is 0 Å². The van der Waals surface area contributed by atoms with Crippen LogP contribution in [0.15, 0.2) is 98.1 Å². The highest BCUT2D eigenvalue weighted by Crippen LogP contribution is 2.34. The Labute approximate surface area is 155 Å². The quantitative estimate of drug-likeness (QED) is 0.341. The summed E-state index contributed by atoms with van der Waals surface area (Å²) in [5.74, 6) is 0. The fourth-order valence-electron chi connectivity index (χ4n) is 3.72. The maximum Gasteiger partial charge on any atom is -0.00992 e. The zero-order valence-corrected chi connectivity index (χ0v) is 14.9. The molecule has 4 rings (SSSR count). The van der Waals surface area contributed by atoms with Crippen molar-refractivity contribution in [3.8, 4) is 11.1 Å². The normalized spacial score (nSPS) is 10.9. The van der Waals surface area contributed by atoms with Gasteiger partial charge in [-0.15, -0.1) is 13.2 Å². The average Bonchev–Trinajstić information content (AvgIpc) is 2.67. The highest BCUT2D eigenvalue weighted by molar-refractivity contribution is 6.05. The third-order valence-corrected chi connectivity index (χ3v) is 4.94. The van der Waals surface area contributed by atoms with E-state index in [0.717, 1.165) is 12.8 Å². The van der Waals surface area contributed by atoms with Crippen LogP contribution in [0.5, 0.6) is 0 Å². The van der Waals surface area contributed by atoms with Gasteiger partial charge in [0.25, 0.3) is 0 Å². The predicted molar refractivity (Wildman–Crippen MR) is 115 cm³/mol. The Balaban J connectivity index is 1.92. The van der Waals surface area contributed by atoms with Crippen LogP contribution in [0.25, 0.3) is 32.7 Å². The molecule has 0 aromatic heterocycles. The van der Waals surface area contributed by atoms with Gasteiger partial charge in [-0.3, -0.25) is 0 Å². The standard InChI is InChI=1S/C26H22/c1-3-7-19-13-15-23-21(17-19)9-5-11-25(23)26-12-6-10-22-18-20(8-4-2)14-16-24(22)26/h3-6,9-18H,1-2,7-8H2. The van der Waals surface area contributed by atoms with Gasteiger partial charge in [-0.1, -0.05) is 84.9 Å². The molecule has 0 fully saturated rings. The van der Waals surface area contributed by atoms with Crippen molar-refractivity contribution in [3.05, 3.63) is 109 Å². The zero-order chi connectivity index (χ0) is 17.9. The maximum atomic E-state index is 3.85. The molecule has 126 valence electrons. The van der Waals surface area contributed by atoms with Gasteiger partial charge in [0.1, 0.15) is 0 Å². The van der Waals surface area contributed by atoms with Gasteiger partial charge in [0.15, 0.2) is 0 Å². The Kier molecular flexibility index (Phi) is 4.41. The molecule has 0 bridgehead atoms. The second kappa shape index (κ2) is 7.01. The number of fused-ring (bicyclic) bond motifs is 2. The van der Waals surface area contributed by atoms with E-state index in [1.165, 1.54) is 43.8 Å². The summed E-state index contributed by atoms with van der Waals surface area (Å²) in [7, 11) is 0. The smallest absolute Gasteiger partial charge is 0.00992 e. The van der Waals surface area contributed by atoms with E-state index in [2.05, 4.69) is 86.0 Å². The first-order valence-electron chi connectivity index (χ1n) is 9.05. The third-order valence-electron chi connectivity index (χ3n) is 4.94. The minimum atomic E-state index is 0.903. The minimum Gasteiger partial charge on any atom is -0.103 e. The second-order valence-corrected chi connectivity index (χ2v) is 6.71. The van der Waals surface area contributed by atoms with Crippen molar-refractivity contribution in [2.24, 2.45) is 0 Å². The van der Waals surface area contributed by atoms with Gasteiger partial charge >= 0.3 is 0 Å². The molecule has 0 aliphatic rings. The predicted octanol–water partition coefficient (Wildman–Crippen LogP) is 7.12. The fourth-order valence-corrected chi connectivity index (χ4v) is 3.72. The van der Waals surface area contributed by atoms with E-state index in [-0.39, 0.29) is 0 Å². The number of rotatable bonds is 5. The number of benzene rings is 4. The molecule has 0 aliphatic heterocycles. The minimum absolute atomic E-state index is 0.903. The van der Waals surface area contributed by atoms with E-state index in [0.29, 0.717) is 0 Å². The Bertz CT molecular complexity index is 1020. The van der Waals surface area contributed by atoms with Crippen LogP contribution in [0.3, 0.4) is 0 Å². The molecule has 0 amide bonds. The summed E-state index contributed by atoms with van der Waals surface area (Å²) in [6.07, 6.45) is 5.72. The Morgan fingerprint density at radius 2 is 1.04 bits per heavy atom. The molecule has 0 saturated carbocycles. The summed E-state index contributed by atoms with van der Waals surface area (Å²) in [6.45, 7) is 7.70. The van der Waals surface area contributed by atoms with Gasteiger partial charge in [-0.25, -0.2) is 0 Å². The Morgan fingerprint density at radius 3 is 1.46 bits per heavy atom. The van der Waals surface area contributed by atoms with Crippen LogP contribution in [-0.4, -0.2) is 0 Å². The van der Waals surface area contributed by atoms with E-state index >= 15 is 0 Å². The van der Waals surface area contributed by atoms with Crippen molar-refractivity contribution in [1.82, 2.24) is 0 Å². The summed E-state index contributed by atoms with van der Waals surface area (Å²) >= 11 is 0. The maximum absolute atomic E-state index is 3.85. The lowest BCUT2D eigenvalue weighted by atomic mass is 9.92. The Hall–Kier alpha value is -3.12. The first-order valence-corrected chi connectivity index (χ1v) is 9.05. The summed E-state index contributed by atoms with van der Waals surface area (Å²) in [4.78, 5) is 0. The molecule has 0 N–H and O–H groups in total. The number of hydrogen-bond acceptors (Lipinski definition) is 0. The second-order valence-electron chi connectivity index (χ2n) is 6.71. The number of allylic oxidation sites excluding steroid dienone is 2. The van der Waals surface area contributed by atoms with E-state index in [1.54, 1.807) is 0 Å². The lowest BCUT2D eigenvalue weighted by Crippen LogP contribution is -1.87. The average molecular weight is 334 g/mol. The molecular formula is C26H22. The summed E-state index contributed by atoms with van der Waals surface area (Å²) in [5, 5.41) is 5.15. The molecule has 0 heterocycles. The molecule has 0 heteroatoms. The molecule has 0 aliphatic carbocycles. The van der Waals surface area contributed by atoms with E-state index in [1.807, 2.05) is 12.2 Å². The van der Waals surface area contributed by atoms with Gasteiger partial charge in [0, 0.05) is 0 Å². The summed E-state index contributed by atoms with van der Waals surface area (Å²) in [5.41, 5.74) is 5.18. The van der Waals surface area contributed by atoms with Crippen molar-refractivity contribution in [2.45, 2.75) is 12.8 Å². The van der Waals surface area contributed by atoms with E-state index < -0.39 is 0 Å². The van der Waals surface area contributed by atoms with Gasteiger partial charge in [-0.2, -0.15) is 0 Å². The van der Waals surface area contributed by atoms with Crippen LogP contribution >= 0.6 is 0 Å². The van der Waals surface area contributed by atoms with Crippen molar-refractivity contribution in [3.63, 3.8) is 0 Å². The summed E-state index contributed by atoms with van der Waals surface area (Å²) in [6, 6.07) is 26.6. The molecule has 0 unspecified atom stereocenters. The van der Waals surface area contributed by atoms with Crippen molar-refractivity contribution >= 4 is 21.5 Å². The molecule has 4 aromatic carbocycles.